The largest absolute Gasteiger partial charge is 0.312 e. The summed E-state index contributed by atoms with van der Waals surface area (Å²) in [7, 11) is -3.42. The summed E-state index contributed by atoms with van der Waals surface area (Å²) >= 11 is 0. The molecule has 0 aromatic rings. The van der Waals surface area contributed by atoms with Gasteiger partial charge in [0.15, 0.2) is 0 Å². The maximum atomic E-state index is 11.3. The third-order valence-electron chi connectivity index (χ3n) is 1.75. The van der Waals surface area contributed by atoms with Crippen molar-refractivity contribution in [3.8, 4) is 0 Å². The molecule has 0 aromatic carbocycles. The van der Waals surface area contributed by atoms with Gasteiger partial charge in [-0.1, -0.05) is 6.92 Å². The fraction of sp³-hybridized carbons (Fsp3) is 0.900. The first-order valence-corrected chi connectivity index (χ1v) is 7.10. The molecule has 0 aliphatic rings. The molecule has 0 atom stereocenters. The van der Waals surface area contributed by atoms with Crippen molar-refractivity contribution in [2.24, 2.45) is 0 Å². The molecule has 6 heteroatoms. The Hall–Kier alpha value is -0.620. The number of nitrogens with one attached hydrogen (secondary N) is 2. The lowest BCUT2D eigenvalue weighted by molar-refractivity contribution is -0.119. The normalized spacial score (nSPS) is 12.5. The van der Waals surface area contributed by atoms with Gasteiger partial charge in [-0.25, -0.2) is 8.42 Å². The van der Waals surface area contributed by atoms with Gasteiger partial charge in [0.25, 0.3) is 0 Å². The summed E-state index contributed by atoms with van der Waals surface area (Å²) in [6, 6.07) is 0. The molecule has 0 fully saturated rings. The van der Waals surface area contributed by atoms with E-state index in [9.17, 15) is 13.2 Å². The molecular formula is C10H22N2O3S. The summed E-state index contributed by atoms with van der Waals surface area (Å²) in [5.41, 5.74) is -0.0669. The van der Waals surface area contributed by atoms with Gasteiger partial charge < -0.3 is 5.32 Å². The van der Waals surface area contributed by atoms with Crippen molar-refractivity contribution < 1.29 is 13.2 Å². The summed E-state index contributed by atoms with van der Waals surface area (Å²) < 4.78 is 24.5. The maximum Gasteiger partial charge on any atom is 0.234 e. The number of carbonyl (C=O) groups is 1. The average molecular weight is 250 g/mol. The topological polar surface area (TPSA) is 75.3 Å². The van der Waals surface area contributed by atoms with Gasteiger partial charge in [0.05, 0.1) is 5.75 Å². The molecule has 96 valence electrons. The van der Waals surface area contributed by atoms with Crippen LogP contribution in [0.25, 0.3) is 0 Å². The van der Waals surface area contributed by atoms with Crippen LogP contribution in [0.1, 0.15) is 40.5 Å². The van der Waals surface area contributed by atoms with Gasteiger partial charge in [-0.3, -0.25) is 9.52 Å². The quantitative estimate of drug-likeness (QED) is 0.724. The maximum absolute atomic E-state index is 11.3. The average Bonchev–Trinajstić information content (AvgIpc) is 1.99. The molecule has 0 aromatic heterocycles. The first-order chi connectivity index (χ1) is 7.16. The highest BCUT2D eigenvalue weighted by Crippen LogP contribution is 1.98. The number of carbonyl (C=O) groups excluding carboxylic acids is 1. The van der Waals surface area contributed by atoms with E-state index in [0.717, 1.165) is 0 Å². The minimum atomic E-state index is -3.42. The summed E-state index contributed by atoms with van der Waals surface area (Å²) in [4.78, 5) is 11.3. The Labute approximate surface area is 98.0 Å². The summed E-state index contributed by atoms with van der Waals surface area (Å²) in [6.07, 6.45) is 0.670. The van der Waals surface area contributed by atoms with E-state index in [1.807, 2.05) is 25.5 Å². The second-order valence-electron chi connectivity index (χ2n) is 4.77. The summed E-state index contributed by atoms with van der Waals surface area (Å²) in [5, 5.41) is 3.11. The lowest BCUT2D eigenvalue weighted by atomic mass is 10.1. The van der Waals surface area contributed by atoms with E-state index in [-0.39, 0.29) is 17.7 Å². The van der Waals surface area contributed by atoms with E-state index >= 15 is 0 Å². The van der Waals surface area contributed by atoms with E-state index in [1.54, 1.807) is 6.92 Å². The van der Waals surface area contributed by atoms with Crippen molar-refractivity contribution >= 4 is 15.9 Å². The molecule has 16 heavy (non-hydrogen) atoms. The Morgan fingerprint density at radius 1 is 1.25 bits per heavy atom. The molecular weight excluding hydrogens is 228 g/mol. The third-order valence-corrected chi connectivity index (χ3v) is 3.23. The van der Waals surface area contributed by atoms with Gasteiger partial charge >= 0.3 is 0 Å². The minimum Gasteiger partial charge on any atom is -0.312 e. The van der Waals surface area contributed by atoms with Crippen molar-refractivity contribution in [2.75, 3.05) is 12.3 Å². The second-order valence-corrected chi connectivity index (χ2v) is 6.61. The van der Waals surface area contributed by atoms with Gasteiger partial charge in [-0.05, 0) is 27.2 Å². The Bertz CT molecular complexity index is 317. The lowest BCUT2D eigenvalue weighted by Gasteiger charge is -2.20. The van der Waals surface area contributed by atoms with Crippen molar-refractivity contribution in [3.63, 3.8) is 0 Å². The number of hydrogen-bond donors (Lipinski definition) is 2. The zero-order valence-corrected chi connectivity index (χ0v) is 11.3. The molecule has 2 N–H and O–H groups in total. The van der Waals surface area contributed by atoms with Crippen LogP contribution in [0.2, 0.25) is 0 Å². The van der Waals surface area contributed by atoms with E-state index in [2.05, 4.69) is 5.32 Å². The highest BCUT2D eigenvalue weighted by atomic mass is 32.2. The molecule has 0 saturated heterocycles. The van der Waals surface area contributed by atoms with Crippen LogP contribution in [-0.2, 0) is 14.8 Å². The van der Waals surface area contributed by atoms with Crippen molar-refractivity contribution in [1.82, 2.24) is 10.0 Å². The number of hydrogen-bond acceptors (Lipinski definition) is 4. The second kappa shape index (κ2) is 6.20. The SMILES string of the molecule is CCCS(=O)(=O)NC(=O)CCNC(C)(C)C. The molecule has 0 radical (unpaired) electrons. The van der Waals surface area contributed by atoms with Crippen LogP contribution in [-0.4, -0.2) is 32.2 Å². The van der Waals surface area contributed by atoms with E-state index in [0.29, 0.717) is 13.0 Å². The Morgan fingerprint density at radius 3 is 2.25 bits per heavy atom. The summed E-state index contributed by atoms with van der Waals surface area (Å²) in [6.45, 7) is 8.18. The molecule has 5 nitrogen and oxygen atoms in total. The van der Waals surface area contributed by atoms with Gasteiger partial charge in [-0.2, -0.15) is 0 Å². The number of rotatable bonds is 6. The fourth-order valence-electron chi connectivity index (χ4n) is 1.10. The summed E-state index contributed by atoms with van der Waals surface area (Å²) in [5.74, 6) is -0.462. The first kappa shape index (κ1) is 15.4. The minimum absolute atomic E-state index is 0.00849. The molecule has 0 heterocycles. The van der Waals surface area contributed by atoms with Gasteiger partial charge in [0, 0.05) is 18.5 Å². The van der Waals surface area contributed by atoms with Crippen molar-refractivity contribution in [1.29, 1.82) is 0 Å². The van der Waals surface area contributed by atoms with Gasteiger partial charge in [0.1, 0.15) is 0 Å². The van der Waals surface area contributed by atoms with Crippen LogP contribution in [0, 0.1) is 0 Å². The highest BCUT2D eigenvalue weighted by molar-refractivity contribution is 7.90. The number of sulfonamides is 1. The lowest BCUT2D eigenvalue weighted by Crippen LogP contribution is -2.39. The van der Waals surface area contributed by atoms with E-state index in [1.165, 1.54) is 0 Å². The van der Waals surface area contributed by atoms with Crippen LogP contribution in [0.3, 0.4) is 0 Å². The van der Waals surface area contributed by atoms with E-state index < -0.39 is 15.9 Å². The molecule has 0 spiro atoms. The predicted molar refractivity (Wildman–Crippen MR) is 64.6 cm³/mol. The molecule has 0 saturated carbocycles. The third kappa shape index (κ3) is 8.67. The Morgan fingerprint density at radius 2 is 1.81 bits per heavy atom. The zero-order chi connectivity index (χ0) is 12.8. The van der Waals surface area contributed by atoms with Crippen LogP contribution in [0.15, 0.2) is 0 Å². The molecule has 0 aliphatic heterocycles. The van der Waals surface area contributed by atoms with Crippen LogP contribution >= 0.6 is 0 Å². The smallest absolute Gasteiger partial charge is 0.234 e. The molecule has 0 unspecified atom stereocenters. The van der Waals surface area contributed by atoms with Gasteiger partial charge in [-0.15, -0.1) is 0 Å². The molecule has 0 bridgehead atoms. The van der Waals surface area contributed by atoms with E-state index in [4.69, 9.17) is 0 Å². The fourth-order valence-corrected chi connectivity index (χ4v) is 2.18. The van der Waals surface area contributed by atoms with Crippen LogP contribution in [0.4, 0.5) is 0 Å². The van der Waals surface area contributed by atoms with Crippen molar-refractivity contribution in [3.05, 3.63) is 0 Å². The Balaban J connectivity index is 3.93. The predicted octanol–water partition coefficient (Wildman–Crippen LogP) is 0.621. The molecule has 0 aliphatic carbocycles. The molecule has 0 rings (SSSR count). The number of amides is 1. The highest BCUT2D eigenvalue weighted by Gasteiger charge is 2.14. The first-order valence-electron chi connectivity index (χ1n) is 5.44. The van der Waals surface area contributed by atoms with Gasteiger partial charge in [0.2, 0.25) is 15.9 Å². The van der Waals surface area contributed by atoms with Crippen molar-refractivity contribution in [2.45, 2.75) is 46.1 Å². The monoisotopic (exact) mass is 250 g/mol. The zero-order valence-electron chi connectivity index (χ0n) is 10.5. The Kier molecular flexibility index (Phi) is 5.96. The molecule has 1 amide bonds. The van der Waals surface area contributed by atoms with Crippen LogP contribution < -0.4 is 10.0 Å². The standard InChI is InChI=1S/C10H22N2O3S/c1-5-8-16(14,15)12-9(13)6-7-11-10(2,3)4/h11H,5-8H2,1-4H3,(H,12,13). The van der Waals surface area contributed by atoms with Crippen LogP contribution in [0.5, 0.6) is 0 Å².